The Morgan fingerprint density at radius 2 is 0.451 bits per heavy atom. The van der Waals surface area contributed by atoms with Crippen molar-refractivity contribution in [2.45, 2.75) is 452 Å². The minimum atomic E-state index is -4.96. The number of hydrogen-bond acceptors (Lipinski definition) is 15. The van der Waals surface area contributed by atoms with Crippen LogP contribution in [-0.2, 0) is 65.4 Å². The lowest BCUT2D eigenvalue weighted by molar-refractivity contribution is -0.161. The van der Waals surface area contributed by atoms with E-state index in [2.05, 4.69) is 48.5 Å². The van der Waals surface area contributed by atoms with Crippen molar-refractivity contribution < 1.29 is 80.2 Å². The first-order valence-corrected chi connectivity index (χ1v) is 45.8. The van der Waals surface area contributed by atoms with Crippen LogP contribution in [0.5, 0.6) is 0 Å². The molecule has 0 aliphatic rings. The quantitative estimate of drug-likeness (QED) is 0.0222. The van der Waals surface area contributed by atoms with Gasteiger partial charge in [-0.25, -0.2) is 9.13 Å². The fraction of sp³-hybridized carbons (Fsp3) is 0.952. The molecule has 0 fully saturated rings. The van der Waals surface area contributed by atoms with Gasteiger partial charge in [-0.2, -0.15) is 0 Å². The van der Waals surface area contributed by atoms with E-state index in [4.69, 9.17) is 37.0 Å². The van der Waals surface area contributed by atoms with Gasteiger partial charge in [0.15, 0.2) is 12.2 Å². The molecule has 19 heteroatoms. The predicted molar refractivity (Wildman–Crippen MR) is 418 cm³/mol. The number of esters is 4. The van der Waals surface area contributed by atoms with Gasteiger partial charge < -0.3 is 33.8 Å². The summed E-state index contributed by atoms with van der Waals surface area (Å²) in [5.41, 5.74) is 0. The van der Waals surface area contributed by atoms with Crippen LogP contribution < -0.4 is 0 Å². The zero-order chi connectivity index (χ0) is 75.1. The Morgan fingerprint density at radius 3 is 0.667 bits per heavy atom. The molecule has 0 heterocycles. The molecule has 17 nitrogen and oxygen atoms in total. The van der Waals surface area contributed by atoms with Gasteiger partial charge in [0.2, 0.25) is 0 Å². The monoisotopic (exact) mass is 1490 g/mol. The van der Waals surface area contributed by atoms with E-state index in [1.807, 2.05) is 0 Å². The van der Waals surface area contributed by atoms with Crippen LogP contribution in [0.4, 0.5) is 0 Å². The molecule has 0 rings (SSSR count). The number of carbonyl (C=O) groups is 4. The zero-order valence-electron chi connectivity index (χ0n) is 67.1. The summed E-state index contributed by atoms with van der Waals surface area (Å²) in [6.07, 6.45) is 62.4. The second kappa shape index (κ2) is 73.2. The van der Waals surface area contributed by atoms with E-state index in [-0.39, 0.29) is 25.7 Å². The normalized spacial score (nSPS) is 13.9. The molecular weight excluding hydrogens is 1330 g/mol. The second-order valence-corrected chi connectivity index (χ2v) is 34.2. The maximum absolute atomic E-state index is 13.1. The van der Waals surface area contributed by atoms with E-state index in [1.165, 1.54) is 244 Å². The Kier molecular flexibility index (Phi) is 71.8. The van der Waals surface area contributed by atoms with E-state index < -0.39 is 97.5 Å². The number of hydrogen-bond donors (Lipinski definition) is 3. The van der Waals surface area contributed by atoms with Gasteiger partial charge in [-0.3, -0.25) is 37.3 Å². The summed E-state index contributed by atoms with van der Waals surface area (Å²) in [4.78, 5) is 73.1. The number of aliphatic hydroxyl groups is 1. The maximum atomic E-state index is 13.1. The molecule has 0 amide bonds. The first-order chi connectivity index (χ1) is 49.2. The third kappa shape index (κ3) is 76.3. The number of aliphatic hydroxyl groups excluding tert-OH is 1. The third-order valence-electron chi connectivity index (χ3n) is 19.4. The average Bonchev–Trinajstić information content (AvgIpc) is 1.24. The van der Waals surface area contributed by atoms with E-state index in [0.717, 1.165) is 108 Å². The van der Waals surface area contributed by atoms with Crippen LogP contribution in [0, 0.1) is 17.8 Å². The molecule has 0 aromatic rings. The van der Waals surface area contributed by atoms with Crippen molar-refractivity contribution in [2.75, 3.05) is 39.6 Å². The number of phosphoric acid groups is 2. The molecule has 3 N–H and O–H groups in total. The Hall–Kier alpha value is -1.94. The Bertz CT molecular complexity index is 1970. The fourth-order valence-corrected chi connectivity index (χ4v) is 14.4. The molecule has 0 aliphatic carbocycles. The summed E-state index contributed by atoms with van der Waals surface area (Å²) in [7, 11) is -9.92. The highest BCUT2D eigenvalue weighted by molar-refractivity contribution is 7.47. The SMILES string of the molecule is CCCCCCCCCCCCCCCC(=O)OC[C@H](COP(=O)(O)OC[C@H](O)COP(=O)(O)OC[C@@H](COC(=O)CCCCCCCCCCCCCC(C)C)OC(=O)CCCCCCCCCCCCCCCCCCCCC(C)C)OC(=O)CCCCCCCCCCCCCC(C)C. The summed E-state index contributed by atoms with van der Waals surface area (Å²) >= 11 is 0. The number of unbranched alkanes of at least 4 members (excludes halogenated alkanes) is 49. The largest absolute Gasteiger partial charge is 0.472 e. The number of ether oxygens (including phenoxy) is 4. The Morgan fingerprint density at radius 1 is 0.265 bits per heavy atom. The van der Waals surface area contributed by atoms with Crippen LogP contribution in [0.3, 0.4) is 0 Å². The smallest absolute Gasteiger partial charge is 0.462 e. The van der Waals surface area contributed by atoms with Crippen molar-refractivity contribution in [3.8, 4) is 0 Å². The molecular formula is C83H162O17P2. The van der Waals surface area contributed by atoms with Crippen LogP contribution in [0.15, 0.2) is 0 Å². The molecule has 0 aliphatic heterocycles. The molecule has 0 aromatic carbocycles. The highest BCUT2D eigenvalue weighted by atomic mass is 31.2. The van der Waals surface area contributed by atoms with Gasteiger partial charge in [0.25, 0.3) is 0 Å². The van der Waals surface area contributed by atoms with Crippen molar-refractivity contribution in [3.05, 3.63) is 0 Å². The van der Waals surface area contributed by atoms with Crippen molar-refractivity contribution in [3.63, 3.8) is 0 Å². The summed E-state index contributed by atoms with van der Waals surface area (Å²) in [6.45, 7) is 12.0. The molecule has 5 atom stereocenters. The van der Waals surface area contributed by atoms with E-state index >= 15 is 0 Å². The molecule has 0 spiro atoms. The zero-order valence-corrected chi connectivity index (χ0v) is 68.9. The maximum Gasteiger partial charge on any atom is 0.472 e. The van der Waals surface area contributed by atoms with Crippen molar-refractivity contribution in [2.24, 2.45) is 17.8 Å². The minimum absolute atomic E-state index is 0.107. The first-order valence-electron chi connectivity index (χ1n) is 42.8. The fourth-order valence-electron chi connectivity index (χ4n) is 12.8. The highest BCUT2D eigenvalue weighted by Crippen LogP contribution is 2.45. The van der Waals surface area contributed by atoms with E-state index in [1.54, 1.807) is 0 Å². The van der Waals surface area contributed by atoms with Gasteiger partial charge in [-0.1, -0.05) is 382 Å². The van der Waals surface area contributed by atoms with Crippen LogP contribution in [0.1, 0.15) is 434 Å². The van der Waals surface area contributed by atoms with Gasteiger partial charge >= 0.3 is 39.5 Å². The van der Waals surface area contributed by atoms with Gasteiger partial charge in [0.05, 0.1) is 26.4 Å². The van der Waals surface area contributed by atoms with Crippen molar-refractivity contribution in [1.82, 2.24) is 0 Å². The highest BCUT2D eigenvalue weighted by Gasteiger charge is 2.30. The number of rotatable bonds is 81. The standard InChI is InChI=1S/C83H162O17P2/c1-8-9-10-11-12-13-14-21-29-36-43-50-57-64-80(85)93-70-79(100-83(88)67-60-53-46-39-32-25-28-35-42-49-56-63-76(6)7)73-98-102(91,92)96-69-77(84)68-95-101(89,90)97-72-78(71-94-81(86)65-58-51-44-37-31-24-27-34-41-48-55-62-75(4)5)99-82(87)66-59-52-45-38-30-23-20-18-16-15-17-19-22-26-33-40-47-54-61-74(2)3/h74-79,84H,8-73H2,1-7H3,(H,89,90)(H,91,92)/t77-,78-,79-/m1/s1. The molecule has 102 heavy (non-hydrogen) atoms. The summed E-state index contributed by atoms with van der Waals surface area (Å²) in [5.74, 6) is 0.250. The third-order valence-corrected chi connectivity index (χ3v) is 21.3. The molecule has 606 valence electrons. The van der Waals surface area contributed by atoms with Gasteiger partial charge in [-0.15, -0.1) is 0 Å². The molecule has 0 saturated heterocycles. The Labute approximate surface area is 626 Å². The second-order valence-electron chi connectivity index (χ2n) is 31.3. The topological polar surface area (TPSA) is 237 Å². The van der Waals surface area contributed by atoms with Crippen LogP contribution in [0.2, 0.25) is 0 Å². The molecule has 0 aromatic heterocycles. The number of carbonyl (C=O) groups excluding carboxylic acids is 4. The summed E-state index contributed by atoms with van der Waals surface area (Å²) < 4.78 is 68.8. The number of phosphoric ester groups is 2. The van der Waals surface area contributed by atoms with Crippen molar-refractivity contribution >= 4 is 39.5 Å². The lowest BCUT2D eigenvalue weighted by atomic mass is 10.0. The minimum Gasteiger partial charge on any atom is -0.462 e. The predicted octanol–water partition coefficient (Wildman–Crippen LogP) is 24.9. The van der Waals surface area contributed by atoms with Gasteiger partial charge in [-0.05, 0) is 43.4 Å². The van der Waals surface area contributed by atoms with Gasteiger partial charge in [0.1, 0.15) is 19.3 Å². The van der Waals surface area contributed by atoms with E-state index in [0.29, 0.717) is 25.7 Å². The summed E-state index contributed by atoms with van der Waals surface area (Å²) in [5, 5.41) is 10.7. The van der Waals surface area contributed by atoms with Gasteiger partial charge in [0, 0.05) is 25.7 Å². The lowest BCUT2D eigenvalue weighted by Crippen LogP contribution is -2.30. The van der Waals surface area contributed by atoms with Crippen molar-refractivity contribution in [1.29, 1.82) is 0 Å². The molecule has 0 saturated carbocycles. The van der Waals surface area contributed by atoms with Crippen LogP contribution >= 0.6 is 15.6 Å². The van der Waals surface area contributed by atoms with Crippen LogP contribution in [-0.4, -0.2) is 96.7 Å². The molecule has 0 radical (unpaired) electrons. The molecule has 2 unspecified atom stereocenters. The average molecular weight is 1490 g/mol. The summed E-state index contributed by atoms with van der Waals surface area (Å²) in [6, 6.07) is 0. The molecule has 0 bridgehead atoms. The first kappa shape index (κ1) is 100. The lowest BCUT2D eigenvalue weighted by Gasteiger charge is -2.21. The van der Waals surface area contributed by atoms with E-state index in [9.17, 15) is 43.2 Å². The van der Waals surface area contributed by atoms with Crippen LogP contribution in [0.25, 0.3) is 0 Å². The Balaban J connectivity index is 5.24.